The molecule has 7 rings (SSSR count). The van der Waals surface area contributed by atoms with E-state index in [4.69, 9.17) is 15.1 Å². The molecule has 224 valence electrons. The number of benzene rings is 1. The van der Waals surface area contributed by atoms with Crippen molar-refractivity contribution in [1.82, 2.24) is 29.4 Å². The third kappa shape index (κ3) is 5.04. The molecule has 3 fully saturated rings. The number of hydrogen-bond donors (Lipinski definition) is 1. The molecule has 6 heterocycles. The third-order valence-corrected chi connectivity index (χ3v) is 10.8. The van der Waals surface area contributed by atoms with Crippen molar-refractivity contribution >= 4 is 49.6 Å². The molecule has 0 bridgehead atoms. The molecular weight excluding hydrogens is 590 g/mol. The quantitative estimate of drug-likeness (QED) is 0.332. The molecule has 1 unspecified atom stereocenters. The van der Waals surface area contributed by atoms with E-state index in [0.29, 0.717) is 47.3 Å². The molecule has 14 heteroatoms. The van der Waals surface area contributed by atoms with E-state index >= 15 is 0 Å². The molecule has 1 amide bonds. The maximum absolute atomic E-state index is 13.5. The van der Waals surface area contributed by atoms with E-state index < -0.39 is 0 Å². The van der Waals surface area contributed by atoms with Crippen LogP contribution in [0.2, 0.25) is 0 Å². The minimum absolute atomic E-state index is 0.105. The van der Waals surface area contributed by atoms with Crippen molar-refractivity contribution in [3.63, 3.8) is 0 Å². The number of aromatic nitrogens is 4. The van der Waals surface area contributed by atoms with Crippen molar-refractivity contribution < 1.29 is 14.3 Å². The van der Waals surface area contributed by atoms with E-state index in [9.17, 15) is 19.6 Å². The summed E-state index contributed by atoms with van der Waals surface area (Å²) < 4.78 is 15.4. The number of imidazole rings is 1. The average molecular weight is 622 g/mol. The normalized spacial score (nSPS) is 20.8. The number of carbonyl (C=O) groups excluding carboxylic acids is 1. The second-order valence-corrected chi connectivity index (χ2v) is 13.7. The van der Waals surface area contributed by atoms with Crippen molar-refractivity contribution in [3.05, 3.63) is 40.7 Å². The van der Waals surface area contributed by atoms with Gasteiger partial charge in [0.15, 0.2) is 10.9 Å². The maximum atomic E-state index is 13.5. The van der Waals surface area contributed by atoms with Gasteiger partial charge in [-0.3, -0.25) is 9.69 Å². The van der Waals surface area contributed by atoms with Gasteiger partial charge in [-0.2, -0.15) is 9.78 Å². The number of thiazole rings is 1. The number of β-amino-alcohol motifs (C(OH)–C–C–N with tert-alkyl or cyclic N) is 1. The monoisotopic (exact) mass is 621 g/mol. The number of nitrogens with zero attached hydrogens (tertiary/aromatic N) is 9. The number of anilines is 3. The Bertz CT molecular complexity index is 1720. The third-order valence-electron chi connectivity index (χ3n) is 8.81. The van der Waals surface area contributed by atoms with Gasteiger partial charge >= 0.3 is 0 Å². The Morgan fingerprint density at radius 3 is 2.67 bits per heavy atom. The van der Waals surface area contributed by atoms with Crippen molar-refractivity contribution in [2.75, 3.05) is 62.7 Å². The molecule has 1 spiro atoms. The first kappa shape index (κ1) is 28.1. The zero-order valence-corrected chi connectivity index (χ0v) is 25.7. The van der Waals surface area contributed by atoms with Gasteiger partial charge in [0.05, 0.1) is 18.3 Å². The zero-order valence-electron chi connectivity index (χ0n) is 24.0. The van der Waals surface area contributed by atoms with Crippen LogP contribution in [0.25, 0.3) is 16.2 Å². The molecule has 3 aliphatic rings. The lowest BCUT2D eigenvalue weighted by molar-refractivity contribution is -0.142. The minimum Gasteiger partial charge on any atom is -0.389 e. The number of aliphatic hydroxyl groups is 1. The number of carbonyl (C=O) groups is 1. The maximum Gasteiger partial charge on any atom is 0.236 e. The number of aliphatic hydroxyl groups excluding tert-OH is 1. The number of aryl methyl sites for hydroxylation is 1. The Kier molecular flexibility index (Phi) is 7.08. The lowest BCUT2D eigenvalue weighted by Crippen LogP contribution is -2.55. The molecular formula is C29H32FN9O2S2. The molecule has 11 nitrogen and oxygen atoms in total. The Balaban J connectivity index is 1.10. The molecule has 0 saturated carbocycles. The van der Waals surface area contributed by atoms with E-state index in [1.54, 1.807) is 28.4 Å². The second kappa shape index (κ2) is 10.8. The average Bonchev–Trinajstić information content (AvgIpc) is 3.80. The van der Waals surface area contributed by atoms with Crippen molar-refractivity contribution in [3.8, 4) is 17.3 Å². The van der Waals surface area contributed by atoms with Gasteiger partial charge in [0.2, 0.25) is 16.0 Å². The lowest BCUT2D eigenvalue weighted by Gasteiger charge is -2.37. The molecule has 3 aromatic heterocycles. The molecule has 0 radical (unpaired) electrons. The summed E-state index contributed by atoms with van der Waals surface area (Å²) in [7, 11) is 1.91. The highest BCUT2D eigenvalue weighted by atomic mass is 32.1. The van der Waals surface area contributed by atoms with Crippen LogP contribution < -0.4 is 9.80 Å². The van der Waals surface area contributed by atoms with Gasteiger partial charge in [0, 0.05) is 50.7 Å². The number of halogens is 1. The van der Waals surface area contributed by atoms with E-state index in [2.05, 4.69) is 22.8 Å². The van der Waals surface area contributed by atoms with Crippen molar-refractivity contribution in [1.29, 1.82) is 5.26 Å². The number of hydrogen-bond acceptors (Lipinski definition) is 11. The van der Waals surface area contributed by atoms with Gasteiger partial charge in [-0.1, -0.05) is 29.6 Å². The molecule has 1 atom stereocenters. The van der Waals surface area contributed by atoms with Crippen LogP contribution in [-0.4, -0.2) is 99.4 Å². The summed E-state index contributed by atoms with van der Waals surface area (Å²) in [5, 5.41) is 25.9. The summed E-state index contributed by atoms with van der Waals surface area (Å²) in [5.74, 6) is 0.587. The first-order valence-electron chi connectivity index (χ1n) is 14.5. The van der Waals surface area contributed by atoms with Gasteiger partial charge in [-0.05, 0) is 50.1 Å². The van der Waals surface area contributed by atoms with Crippen LogP contribution in [0.4, 0.5) is 20.5 Å². The zero-order chi connectivity index (χ0) is 29.9. The molecule has 3 saturated heterocycles. The van der Waals surface area contributed by atoms with Crippen LogP contribution in [0.5, 0.6) is 0 Å². The molecule has 1 aromatic carbocycles. The van der Waals surface area contributed by atoms with E-state index in [0.717, 1.165) is 60.6 Å². The molecule has 4 aromatic rings. The van der Waals surface area contributed by atoms with Crippen LogP contribution in [0.3, 0.4) is 0 Å². The highest BCUT2D eigenvalue weighted by molar-refractivity contribution is 7.20. The van der Waals surface area contributed by atoms with Crippen LogP contribution >= 0.6 is 22.7 Å². The Morgan fingerprint density at radius 1 is 1.19 bits per heavy atom. The highest BCUT2D eigenvalue weighted by Crippen LogP contribution is 2.43. The minimum atomic E-state index is -0.374. The van der Waals surface area contributed by atoms with E-state index in [-0.39, 0.29) is 23.2 Å². The van der Waals surface area contributed by atoms with Crippen LogP contribution in [0.1, 0.15) is 30.3 Å². The van der Waals surface area contributed by atoms with Gasteiger partial charge < -0.3 is 19.8 Å². The molecule has 1 N–H and O–H groups in total. The SMILES string of the molecule is CCc1nc2sc(N3CCC4(CCN(CC(=O)N5CC(O)C5)C4)C3)nn2c1N(C)c1nc(-c2ccc(F)cc2)c(C#N)s1. The van der Waals surface area contributed by atoms with Crippen LogP contribution in [0.15, 0.2) is 24.3 Å². The largest absolute Gasteiger partial charge is 0.389 e. The fraction of sp³-hybridized carbons (Fsp3) is 0.483. The smallest absolute Gasteiger partial charge is 0.236 e. The lowest BCUT2D eigenvalue weighted by atomic mass is 9.86. The van der Waals surface area contributed by atoms with Gasteiger partial charge in [0.25, 0.3) is 0 Å². The summed E-state index contributed by atoms with van der Waals surface area (Å²) in [6.45, 7) is 6.97. The standard InChI is InChI=1S/C29H32FN9O2S2/c1-3-21-25(35(2)26-33-24(22(12-31)42-26)18-4-6-19(30)7-5-18)39-27(32-21)43-28(34-39)37-11-9-29(17-37)8-10-36(16-29)15-23(41)38-13-20(40)14-38/h4-7,20,40H,3,8-11,13-17H2,1-2H3. The van der Waals surface area contributed by atoms with Gasteiger partial charge in [-0.15, -0.1) is 5.10 Å². The Hall–Kier alpha value is -3.64. The van der Waals surface area contributed by atoms with E-state index in [1.165, 1.54) is 23.5 Å². The number of likely N-dealkylation sites (tertiary alicyclic amines) is 2. The second-order valence-electron chi connectivity index (χ2n) is 11.8. The summed E-state index contributed by atoms with van der Waals surface area (Å²) in [6.07, 6.45) is 2.44. The number of nitriles is 1. The molecule has 3 aliphatic heterocycles. The Morgan fingerprint density at radius 2 is 1.95 bits per heavy atom. The number of fused-ring (bicyclic) bond motifs is 1. The van der Waals surface area contributed by atoms with Crippen LogP contribution in [-0.2, 0) is 11.2 Å². The van der Waals surface area contributed by atoms with Crippen molar-refractivity contribution in [2.45, 2.75) is 32.3 Å². The first-order valence-corrected chi connectivity index (χ1v) is 16.1. The summed E-state index contributed by atoms with van der Waals surface area (Å²) in [6, 6.07) is 8.26. The Labute approximate surface area is 256 Å². The summed E-state index contributed by atoms with van der Waals surface area (Å²) in [4.78, 5) is 31.8. The van der Waals surface area contributed by atoms with Crippen molar-refractivity contribution in [2.24, 2.45) is 5.41 Å². The fourth-order valence-corrected chi connectivity index (χ4v) is 8.23. The molecule has 0 aliphatic carbocycles. The molecule has 43 heavy (non-hydrogen) atoms. The van der Waals surface area contributed by atoms with Crippen LogP contribution in [0, 0.1) is 22.6 Å². The highest BCUT2D eigenvalue weighted by Gasteiger charge is 2.45. The van der Waals surface area contributed by atoms with Gasteiger partial charge in [0.1, 0.15) is 22.5 Å². The fourth-order valence-electron chi connectivity index (χ4n) is 6.44. The predicted molar refractivity (Wildman–Crippen MR) is 163 cm³/mol. The first-order chi connectivity index (χ1) is 20.8. The topological polar surface area (TPSA) is 117 Å². The number of rotatable bonds is 7. The summed E-state index contributed by atoms with van der Waals surface area (Å²) >= 11 is 2.86. The number of amides is 1. The predicted octanol–water partition coefficient (Wildman–Crippen LogP) is 3.36. The van der Waals surface area contributed by atoms with Gasteiger partial charge in [-0.25, -0.2) is 14.4 Å². The van der Waals surface area contributed by atoms with E-state index in [1.807, 2.05) is 16.5 Å². The summed E-state index contributed by atoms with van der Waals surface area (Å²) in [5.41, 5.74) is 2.26.